The fraction of sp³-hybridized carbons (Fsp3) is 0.167. The molecule has 0 spiro atoms. The van der Waals surface area contributed by atoms with Crippen LogP contribution in [-0.4, -0.2) is 6.29 Å². The van der Waals surface area contributed by atoms with Crippen molar-refractivity contribution in [3.63, 3.8) is 0 Å². The quantitative estimate of drug-likeness (QED) is 0.246. The number of carbonyl (C=O) groups excluding carboxylic acids is 1. The molecule has 10 heavy (non-hydrogen) atoms. The van der Waals surface area contributed by atoms with Crippen LogP contribution in [0.25, 0.3) is 10.4 Å². The Morgan fingerprint density at radius 3 is 3.00 bits per heavy atom. The zero-order valence-corrected chi connectivity index (χ0v) is 5.19. The van der Waals surface area contributed by atoms with E-state index in [4.69, 9.17) is 5.53 Å². The monoisotopic (exact) mass is 135 g/mol. The Labute approximate surface area is 57.5 Å². The van der Waals surface area contributed by atoms with Gasteiger partial charge in [0.1, 0.15) is 6.29 Å². The number of hydrogen-bond acceptors (Lipinski definition) is 2. The molecule has 1 rings (SSSR count). The van der Waals surface area contributed by atoms with Crippen molar-refractivity contribution in [1.82, 2.24) is 0 Å². The second-order valence-corrected chi connectivity index (χ2v) is 1.88. The lowest BCUT2D eigenvalue weighted by Gasteiger charge is -1.87. The van der Waals surface area contributed by atoms with Gasteiger partial charge < -0.3 is 0 Å². The highest BCUT2D eigenvalue weighted by Gasteiger charge is 2.03. The van der Waals surface area contributed by atoms with Crippen LogP contribution >= 0.6 is 0 Å². The Bertz CT molecular complexity index is 258. The van der Waals surface area contributed by atoms with Crippen molar-refractivity contribution >= 4 is 6.29 Å². The third-order valence-electron chi connectivity index (χ3n) is 1.20. The normalized spacial score (nSPS) is 15.2. The van der Waals surface area contributed by atoms with Crippen molar-refractivity contribution in [2.75, 3.05) is 0 Å². The van der Waals surface area contributed by atoms with Gasteiger partial charge in [-0.15, -0.1) is 0 Å². The number of aldehydes is 1. The maximum Gasteiger partial charge on any atom is 0.146 e. The van der Waals surface area contributed by atoms with Crippen molar-refractivity contribution in [2.45, 2.75) is 6.42 Å². The van der Waals surface area contributed by atoms with E-state index >= 15 is 0 Å². The Morgan fingerprint density at radius 1 is 1.70 bits per heavy atom. The van der Waals surface area contributed by atoms with E-state index in [1.165, 1.54) is 0 Å². The van der Waals surface area contributed by atoms with E-state index < -0.39 is 0 Å². The Kier molecular flexibility index (Phi) is 1.87. The lowest BCUT2D eigenvalue weighted by atomic mass is 10.2. The Hall–Kier alpha value is -1.54. The highest BCUT2D eigenvalue weighted by atomic mass is 16.1. The van der Waals surface area contributed by atoms with Gasteiger partial charge in [0, 0.05) is 17.0 Å². The predicted molar refractivity (Wildman–Crippen MR) is 36.0 cm³/mol. The molecule has 0 N–H and O–H groups in total. The van der Waals surface area contributed by atoms with Gasteiger partial charge in [0.2, 0.25) is 0 Å². The highest BCUT2D eigenvalue weighted by molar-refractivity contribution is 5.76. The summed E-state index contributed by atoms with van der Waals surface area (Å²) >= 11 is 0. The zero-order chi connectivity index (χ0) is 7.40. The molecule has 4 nitrogen and oxygen atoms in total. The van der Waals surface area contributed by atoms with Crippen LogP contribution in [0.15, 0.2) is 28.5 Å². The van der Waals surface area contributed by atoms with Gasteiger partial charge in [-0.1, -0.05) is 17.3 Å². The van der Waals surface area contributed by atoms with Gasteiger partial charge in [0.05, 0.1) is 0 Å². The van der Waals surface area contributed by atoms with Gasteiger partial charge in [0.15, 0.2) is 0 Å². The smallest absolute Gasteiger partial charge is 0.146 e. The average Bonchev–Trinajstić information content (AvgIpc) is 2.37. The molecule has 0 fully saturated rings. The SMILES string of the molecule is [N-]=[N+]=NC1=CC=C(C=O)C1. The second kappa shape index (κ2) is 2.85. The third kappa shape index (κ3) is 1.24. The topological polar surface area (TPSA) is 65.8 Å². The number of rotatable bonds is 2. The van der Waals surface area contributed by atoms with E-state index in [0.717, 1.165) is 6.29 Å². The van der Waals surface area contributed by atoms with Gasteiger partial charge in [0.25, 0.3) is 0 Å². The third-order valence-corrected chi connectivity index (χ3v) is 1.20. The van der Waals surface area contributed by atoms with Crippen LogP contribution in [0.2, 0.25) is 0 Å². The minimum absolute atomic E-state index is 0.466. The van der Waals surface area contributed by atoms with Crippen LogP contribution < -0.4 is 0 Å². The lowest BCUT2D eigenvalue weighted by Crippen LogP contribution is -1.78. The summed E-state index contributed by atoms with van der Waals surface area (Å²) in [5.41, 5.74) is 9.25. The molecule has 0 heterocycles. The molecule has 0 atom stereocenters. The molecule has 50 valence electrons. The molecular formula is C6H5N3O. The van der Waals surface area contributed by atoms with Crippen LogP contribution in [0.5, 0.6) is 0 Å². The number of allylic oxidation sites excluding steroid dienone is 3. The van der Waals surface area contributed by atoms with Crippen molar-refractivity contribution < 1.29 is 4.79 Å². The summed E-state index contributed by atoms with van der Waals surface area (Å²) in [5.74, 6) is 0. The van der Waals surface area contributed by atoms with Crippen LogP contribution in [0.3, 0.4) is 0 Å². The summed E-state index contributed by atoms with van der Waals surface area (Å²) in [7, 11) is 0. The lowest BCUT2D eigenvalue weighted by molar-refractivity contribution is -0.104. The first-order valence-electron chi connectivity index (χ1n) is 2.77. The average molecular weight is 135 g/mol. The van der Waals surface area contributed by atoms with Crippen LogP contribution in [0.4, 0.5) is 0 Å². The fourth-order valence-corrected chi connectivity index (χ4v) is 0.737. The molecule has 0 aromatic heterocycles. The summed E-state index contributed by atoms with van der Waals surface area (Å²) in [6.45, 7) is 0. The number of hydrogen-bond donors (Lipinski definition) is 0. The first-order chi connectivity index (χ1) is 4.86. The van der Waals surface area contributed by atoms with Gasteiger partial charge in [-0.25, -0.2) is 0 Å². The van der Waals surface area contributed by atoms with Gasteiger partial charge in [-0.2, -0.15) is 0 Å². The van der Waals surface area contributed by atoms with Crippen molar-refractivity contribution in [3.8, 4) is 0 Å². The molecule has 0 aliphatic heterocycles. The molecule has 0 unspecified atom stereocenters. The van der Waals surface area contributed by atoms with E-state index in [9.17, 15) is 4.79 Å². The molecule has 0 radical (unpaired) electrons. The Morgan fingerprint density at radius 2 is 2.50 bits per heavy atom. The fourth-order valence-electron chi connectivity index (χ4n) is 0.737. The van der Waals surface area contributed by atoms with Crippen LogP contribution in [0.1, 0.15) is 6.42 Å². The molecule has 0 saturated heterocycles. The van der Waals surface area contributed by atoms with Gasteiger partial charge >= 0.3 is 0 Å². The molecule has 0 saturated carbocycles. The minimum atomic E-state index is 0.466. The second-order valence-electron chi connectivity index (χ2n) is 1.88. The van der Waals surface area contributed by atoms with Gasteiger partial charge in [-0.05, 0) is 11.1 Å². The zero-order valence-electron chi connectivity index (χ0n) is 5.19. The highest BCUT2D eigenvalue weighted by Crippen LogP contribution is 2.17. The van der Waals surface area contributed by atoms with Crippen LogP contribution in [0, 0.1) is 0 Å². The molecule has 1 aliphatic rings. The summed E-state index contributed by atoms with van der Waals surface area (Å²) in [5, 5.41) is 3.35. The van der Waals surface area contributed by atoms with E-state index in [1.54, 1.807) is 12.2 Å². The van der Waals surface area contributed by atoms with Crippen molar-refractivity contribution in [1.29, 1.82) is 0 Å². The predicted octanol–water partition coefficient (Wildman–Crippen LogP) is 1.71. The van der Waals surface area contributed by atoms with E-state index in [1.807, 2.05) is 0 Å². The molecule has 0 aromatic carbocycles. The molecule has 1 aliphatic carbocycles. The molecule has 0 amide bonds. The van der Waals surface area contributed by atoms with Crippen molar-refractivity contribution in [3.05, 3.63) is 33.9 Å². The maximum atomic E-state index is 10.1. The summed E-state index contributed by atoms with van der Waals surface area (Å²) < 4.78 is 0. The van der Waals surface area contributed by atoms with Gasteiger partial charge in [-0.3, -0.25) is 4.79 Å². The molecule has 0 aromatic rings. The van der Waals surface area contributed by atoms with E-state index in [0.29, 0.717) is 17.7 Å². The first kappa shape index (κ1) is 6.58. The largest absolute Gasteiger partial charge is 0.298 e. The summed E-state index contributed by atoms with van der Waals surface area (Å²) in [6.07, 6.45) is 4.52. The maximum absolute atomic E-state index is 10.1. The van der Waals surface area contributed by atoms with Crippen LogP contribution in [-0.2, 0) is 4.79 Å². The van der Waals surface area contributed by atoms with E-state index in [2.05, 4.69) is 10.0 Å². The Balaban J connectivity index is 2.64. The number of nitrogens with zero attached hydrogens (tertiary/aromatic N) is 3. The number of carbonyl (C=O) groups is 1. The van der Waals surface area contributed by atoms with E-state index in [-0.39, 0.29) is 0 Å². The number of azide groups is 1. The standard InChI is InChI=1S/C6H5N3O/c7-9-8-6-2-1-5(3-6)4-10/h1-2,4H,3H2. The molecule has 4 heteroatoms. The molecular weight excluding hydrogens is 130 g/mol. The minimum Gasteiger partial charge on any atom is -0.298 e. The summed E-state index contributed by atoms with van der Waals surface area (Å²) in [6, 6.07) is 0. The molecule has 0 bridgehead atoms. The first-order valence-corrected chi connectivity index (χ1v) is 2.77. The van der Waals surface area contributed by atoms with Crippen molar-refractivity contribution in [2.24, 2.45) is 5.11 Å². The summed E-state index contributed by atoms with van der Waals surface area (Å²) in [4.78, 5) is 12.7.